The Morgan fingerprint density at radius 3 is 2.29 bits per heavy atom. The average molecular weight is 357 g/mol. The van der Waals surface area contributed by atoms with Gasteiger partial charge >= 0.3 is 11.9 Å². The van der Waals surface area contributed by atoms with Gasteiger partial charge in [0.05, 0.1) is 12.8 Å². The molecule has 0 aliphatic carbocycles. The third-order valence-corrected chi connectivity index (χ3v) is 3.66. The molecule has 1 aliphatic rings. The van der Waals surface area contributed by atoms with E-state index in [9.17, 15) is 9.59 Å². The molecule has 1 aromatic rings. The van der Waals surface area contributed by atoms with Crippen LogP contribution in [0.2, 0.25) is 0 Å². The lowest BCUT2D eigenvalue weighted by atomic mass is 10.2. The Balaban J connectivity index is 0.00000288. The van der Waals surface area contributed by atoms with Crippen molar-refractivity contribution < 1.29 is 19.1 Å². The van der Waals surface area contributed by atoms with Crippen molar-refractivity contribution in [2.24, 2.45) is 0 Å². The van der Waals surface area contributed by atoms with E-state index in [1.165, 1.54) is 0 Å². The zero-order valence-corrected chi connectivity index (χ0v) is 14.6. The number of halogens is 1. The Labute approximate surface area is 148 Å². The van der Waals surface area contributed by atoms with E-state index >= 15 is 0 Å². The number of hydrogen-bond acceptors (Lipinski definition) is 6. The average Bonchev–Trinajstić information content (AvgIpc) is 2.60. The maximum Gasteiger partial charge on any atom is 0.306 e. The van der Waals surface area contributed by atoms with E-state index in [1.807, 2.05) is 30.3 Å². The number of carbonyl (C=O) groups excluding carboxylic acids is 2. The molecule has 0 aromatic heterocycles. The largest absolute Gasteiger partial charge is 0.464 e. The van der Waals surface area contributed by atoms with Crippen molar-refractivity contribution in [1.82, 2.24) is 10.2 Å². The second-order valence-corrected chi connectivity index (χ2v) is 5.46. The molecule has 1 fully saturated rings. The van der Waals surface area contributed by atoms with Crippen molar-refractivity contribution >= 4 is 24.3 Å². The fourth-order valence-corrected chi connectivity index (χ4v) is 2.31. The van der Waals surface area contributed by atoms with E-state index in [1.54, 1.807) is 0 Å². The minimum absolute atomic E-state index is 0. The van der Waals surface area contributed by atoms with E-state index in [-0.39, 0.29) is 43.8 Å². The summed E-state index contributed by atoms with van der Waals surface area (Å²) in [4.78, 5) is 25.4. The second kappa shape index (κ2) is 11.8. The topological polar surface area (TPSA) is 67.9 Å². The van der Waals surface area contributed by atoms with Gasteiger partial charge in [-0.05, 0) is 5.56 Å². The molecule has 0 spiro atoms. The normalized spacial score (nSPS) is 14.5. The van der Waals surface area contributed by atoms with Crippen molar-refractivity contribution in [3.8, 4) is 0 Å². The first-order valence-corrected chi connectivity index (χ1v) is 8.02. The molecule has 1 aliphatic heterocycles. The number of nitrogens with one attached hydrogen (secondary N) is 1. The molecule has 0 amide bonds. The van der Waals surface area contributed by atoms with Gasteiger partial charge in [0, 0.05) is 32.7 Å². The van der Waals surface area contributed by atoms with Gasteiger partial charge in [-0.25, -0.2) is 0 Å². The lowest BCUT2D eigenvalue weighted by molar-refractivity contribution is -0.151. The SMILES string of the molecule is Cl.O=C(CCC(=O)OCc1ccccc1)OCCN1CCNCC1. The van der Waals surface area contributed by atoms with Crippen molar-refractivity contribution in [3.63, 3.8) is 0 Å². The number of esters is 2. The summed E-state index contributed by atoms with van der Waals surface area (Å²) < 4.78 is 10.3. The first-order valence-electron chi connectivity index (χ1n) is 8.02. The van der Waals surface area contributed by atoms with E-state index in [0.29, 0.717) is 6.61 Å². The Morgan fingerprint density at radius 2 is 1.62 bits per heavy atom. The maximum absolute atomic E-state index is 11.6. The van der Waals surface area contributed by atoms with Crippen LogP contribution in [0.1, 0.15) is 18.4 Å². The van der Waals surface area contributed by atoms with Crippen LogP contribution in [0, 0.1) is 0 Å². The van der Waals surface area contributed by atoms with Crippen LogP contribution in [0.3, 0.4) is 0 Å². The van der Waals surface area contributed by atoms with E-state index in [2.05, 4.69) is 10.2 Å². The highest BCUT2D eigenvalue weighted by Crippen LogP contribution is 2.03. The minimum atomic E-state index is -0.382. The van der Waals surface area contributed by atoms with Crippen LogP contribution in [0.25, 0.3) is 0 Å². The number of nitrogens with zero attached hydrogens (tertiary/aromatic N) is 1. The smallest absolute Gasteiger partial charge is 0.306 e. The molecule has 0 saturated carbocycles. The van der Waals surface area contributed by atoms with Crippen molar-refractivity contribution in [2.75, 3.05) is 39.3 Å². The number of ether oxygens (including phenoxy) is 2. The molecule has 0 bridgehead atoms. The minimum Gasteiger partial charge on any atom is -0.464 e. The summed E-state index contributed by atoms with van der Waals surface area (Å²) in [5.41, 5.74) is 0.930. The van der Waals surface area contributed by atoms with Crippen molar-refractivity contribution in [1.29, 1.82) is 0 Å². The second-order valence-electron chi connectivity index (χ2n) is 5.46. The van der Waals surface area contributed by atoms with Crippen LogP contribution < -0.4 is 5.32 Å². The van der Waals surface area contributed by atoms with Crippen LogP contribution in [0.4, 0.5) is 0 Å². The lowest BCUT2D eigenvalue weighted by Gasteiger charge is -2.26. The molecule has 0 unspecified atom stereocenters. The third-order valence-electron chi connectivity index (χ3n) is 3.66. The number of hydrogen-bond donors (Lipinski definition) is 1. The number of carbonyl (C=O) groups is 2. The van der Waals surface area contributed by atoms with Gasteiger partial charge < -0.3 is 14.8 Å². The molecule has 7 heteroatoms. The van der Waals surface area contributed by atoms with Crippen LogP contribution in [0.15, 0.2) is 30.3 Å². The molecule has 0 atom stereocenters. The third kappa shape index (κ3) is 8.29. The highest BCUT2D eigenvalue weighted by molar-refractivity contribution is 5.85. The zero-order valence-electron chi connectivity index (χ0n) is 13.7. The van der Waals surface area contributed by atoms with Crippen LogP contribution >= 0.6 is 12.4 Å². The Morgan fingerprint density at radius 1 is 1.00 bits per heavy atom. The zero-order chi connectivity index (χ0) is 16.3. The van der Waals surface area contributed by atoms with Gasteiger partial charge in [-0.3, -0.25) is 14.5 Å². The Kier molecular flexibility index (Phi) is 10.1. The van der Waals surface area contributed by atoms with Crippen molar-refractivity contribution in [2.45, 2.75) is 19.4 Å². The van der Waals surface area contributed by atoms with Crippen LogP contribution in [-0.2, 0) is 25.7 Å². The van der Waals surface area contributed by atoms with Crippen LogP contribution in [0.5, 0.6) is 0 Å². The summed E-state index contributed by atoms with van der Waals surface area (Å²) in [5, 5.41) is 3.27. The first-order chi connectivity index (χ1) is 11.2. The lowest BCUT2D eigenvalue weighted by Crippen LogP contribution is -2.44. The molecule has 1 N–H and O–H groups in total. The summed E-state index contributed by atoms with van der Waals surface area (Å²) >= 11 is 0. The van der Waals surface area contributed by atoms with Gasteiger partial charge in [-0.1, -0.05) is 30.3 Å². The van der Waals surface area contributed by atoms with E-state index in [4.69, 9.17) is 9.47 Å². The maximum atomic E-state index is 11.6. The Bertz CT molecular complexity index is 493. The van der Waals surface area contributed by atoms with Gasteiger partial charge in [0.25, 0.3) is 0 Å². The summed E-state index contributed by atoms with van der Waals surface area (Å²) in [5.74, 6) is -0.732. The van der Waals surface area contributed by atoms with Gasteiger partial charge in [-0.15, -0.1) is 12.4 Å². The van der Waals surface area contributed by atoms with Gasteiger partial charge in [0.2, 0.25) is 0 Å². The Hall–Kier alpha value is -1.63. The van der Waals surface area contributed by atoms with E-state index < -0.39 is 0 Å². The predicted octanol–water partition coefficient (Wildman–Crippen LogP) is 1.38. The number of benzene rings is 1. The fourth-order valence-electron chi connectivity index (χ4n) is 2.31. The summed E-state index contributed by atoms with van der Waals surface area (Å²) in [6, 6.07) is 9.45. The summed E-state index contributed by atoms with van der Waals surface area (Å²) in [7, 11) is 0. The molecule has 6 nitrogen and oxygen atoms in total. The first kappa shape index (κ1) is 20.4. The monoisotopic (exact) mass is 356 g/mol. The molecular formula is C17H25ClN2O4. The molecule has 1 saturated heterocycles. The predicted molar refractivity (Wildman–Crippen MR) is 93.0 cm³/mol. The van der Waals surface area contributed by atoms with Gasteiger partial charge in [0.15, 0.2) is 0 Å². The summed E-state index contributed by atoms with van der Waals surface area (Å²) in [6.45, 7) is 5.25. The standard InChI is InChI=1S/C17H24N2O4.ClH/c20-16(22-13-12-19-10-8-18-9-11-19)6-7-17(21)23-14-15-4-2-1-3-5-15;/h1-5,18H,6-14H2;1H. The highest BCUT2D eigenvalue weighted by Gasteiger charge is 2.12. The molecule has 2 rings (SSSR count). The quantitative estimate of drug-likeness (QED) is 0.710. The molecule has 134 valence electrons. The van der Waals surface area contributed by atoms with Crippen molar-refractivity contribution in [3.05, 3.63) is 35.9 Å². The highest BCUT2D eigenvalue weighted by atomic mass is 35.5. The molecule has 1 aromatic carbocycles. The fraction of sp³-hybridized carbons (Fsp3) is 0.529. The molecule has 0 radical (unpaired) electrons. The van der Waals surface area contributed by atoms with Gasteiger partial charge in [0.1, 0.15) is 13.2 Å². The number of rotatable bonds is 8. The molecule has 24 heavy (non-hydrogen) atoms. The van der Waals surface area contributed by atoms with Crippen LogP contribution in [-0.4, -0.2) is 56.2 Å². The summed E-state index contributed by atoms with van der Waals surface area (Å²) in [6.07, 6.45) is 0.120. The van der Waals surface area contributed by atoms with Gasteiger partial charge in [-0.2, -0.15) is 0 Å². The van der Waals surface area contributed by atoms with E-state index in [0.717, 1.165) is 38.3 Å². The molecular weight excluding hydrogens is 332 g/mol. The molecule has 1 heterocycles. The number of piperazine rings is 1.